The summed E-state index contributed by atoms with van der Waals surface area (Å²) < 4.78 is 11.7. The summed E-state index contributed by atoms with van der Waals surface area (Å²) in [6.07, 6.45) is -0.112. The van der Waals surface area contributed by atoms with E-state index >= 15 is 0 Å². The van der Waals surface area contributed by atoms with Gasteiger partial charge in [0.2, 0.25) is 0 Å². The smallest absolute Gasteiger partial charge is 0.257 e. The lowest BCUT2D eigenvalue weighted by Crippen LogP contribution is -2.44. The van der Waals surface area contributed by atoms with Gasteiger partial charge in [0.05, 0.1) is 11.7 Å². The number of likely N-dealkylation sites (N-methyl/N-ethyl adjacent to an activating group) is 1. The van der Waals surface area contributed by atoms with Crippen molar-refractivity contribution in [3.05, 3.63) is 83.9 Å². The van der Waals surface area contributed by atoms with Gasteiger partial charge in [-0.05, 0) is 54.3 Å². The van der Waals surface area contributed by atoms with E-state index in [9.17, 15) is 9.59 Å². The van der Waals surface area contributed by atoms with Crippen LogP contribution in [0, 0.1) is 5.92 Å². The minimum atomic E-state index is -0.250. The summed E-state index contributed by atoms with van der Waals surface area (Å²) in [6.45, 7) is 5.76. The van der Waals surface area contributed by atoms with Crippen molar-refractivity contribution >= 4 is 17.5 Å². The molecule has 0 aliphatic carbocycles. The molecule has 3 aromatic carbocycles. The number of hydrogen-bond acceptors (Lipinski definition) is 5. The van der Waals surface area contributed by atoms with Gasteiger partial charge in [-0.15, -0.1) is 0 Å². The van der Waals surface area contributed by atoms with Gasteiger partial charge in [0.15, 0.2) is 0 Å². The van der Waals surface area contributed by atoms with Gasteiger partial charge in [-0.3, -0.25) is 9.59 Å². The van der Waals surface area contributed by atoms with Gasteiger partial charge in [-0.1, -0.05) is 49.4 Å². The van der Waals surface area contributed by atoms with Gasteiger partial charge in [0, 0.05) is 44.5 Å². The highest BCUT2D eigenvalue weighted by Gasteiger charge is 2.25. The molecule has 0 bridgehead atoms. The number of nitrogens with one attached hydrogen (secondary N) is 2. The average Bonchev–Trinajstić information content (AvgIpc) is 2.93. The minimum Gasteiger partial charge on any atom is -0.491 e. The number of nitrogens with zero attached hydrogens (tertiary/aromatic N) is 1. The van der Waals surface area contributed by atoms with Crippen molar-refractivity contribution in [1.29, 1.82) is 0 Å². The lowest BCUT2D eigenvalue weighted by atomic mass is 10.0. The van der Waals surface area contributed by atoms with Crippen LogP contribution in [-0.2, 0) is 4.74 Å². The summed E-state index contributed by atoms with van der Waals surface area (Å²) in [4.78, 5) is 28.1. The van der Waals surface area contributed by atoms with Crippen molar-refractivity contribution in [2.24, 2.45) is 5.92 Å². The summed E-state index contributed by atoms with van der Waals surface area (Å²) in [5.74, 6) is 0.257. The maximum atomic E-state index is 13.4. The van der Waals surface area contributed by atoms with Crippen LogP contribution >= 0.6 is 0 Å². The number of rotatable bonds is 4. The summed E-state index contributed by atoms with van der Waals surface area (Å²) in [7, 11) is 3.43. The molecule has 0 saturated heterocycles. The van der Waals surface area contributed by atoms with Crippen molar-refractivity contribution in [2.75, 3.05) is 39.2 Å². The Labute approximate surface area is 218 Å². The van der Waals surface area contributed by atoms with Crippen LogP contribution in [0.4, 0.5) is 5.69 Å². The van der Waals surface area contributed by atoms with Crippen LogP contribution in [0.5, 0.6) is 5.75 Å². The van der Waals surface area contributed by atoms with Crippen LogP contribution in [0.2, 0.25) is 0 Å². The molecule has 1 aliphatic rings. The third kappa shape index (κ3) is 6.56. The second kappa shape index (κ2) is 12.0. The SMILES string of the molecule is CO[C@H]1CN(C)C(=O)c2cc(NC(=O)c3ccc(-c4ccccc4)cc3)ccc2OC[C@@H](C)NC[C@@H]1C. The Bertz CT molecular complexity index is 1210. The Morgan fingerprint density at radius 3 is 2.43 bits per heavy atom. The van der Waals surface area contributed by atoms with Gasteiger partial charge in [0.1, 0.15) is 12.4 Å². The van der Waals surface area contributed by atoms with Gasteiger partial charge in [-0.2, -0.15) is 0 Å². The van der Waals surface area contributed by atoms with E-state index in [-0.39, 0.29) is 29.9 Å². The molecule has 2 N–H and O–H groups in total. The molecule has 37 heavy (non-hydrogen) atoms. The predicted octanol–water partition coefficient (Wildman–Crippen LogP) is 4.70. The zero-order valence-electron chi connectivity index (χ0n) is 21.9. The van der Waals surface area contributed by atoms with Crippen LogP contribution in [0.25, 0.3) is 11.1 Å². The van der Waals surface area contributed by atoms with Crippen LogP contribution in [0.1, 0.15) is 34.6 Å². The van der Waals surface area contributed by atoms with Gasteiger partial charge >= 0.3 is 0 Å². The molecule has 3 aromatic rings. The molecule has 0 radical (unpaired) electrons. The lowest BCUT2D eigenvalue weighted by Gasteiger charge is -2.30. The molecule has 0 unspecified atom stereocenters. The Kier molecular flexibility index (Phi) is 8.58. The number of carbonyl (C=O) groups is 2. The zero-order chi connectivity index (χ0) is 26.4. The second-order valence-electron chi connectivity index (χ2n) is 9.67. The number of fused-ring (bicyclic) bond motifs is 1. The lowest BCUT2D eigenvalue weighted by molar-refractivity contribution is 0.0281. The third-order valence-corrected chi connectivity index (χ3v) is 6.74. The molecule has 0 fully saturated rings. The first-order chi connectivity index (χ1) is 17.9. The van der Waals surface area contributed by atoms with Crippen LogP contribution < -0.4 is 15.4 Å². The fraction of sp³-hybridized carbons (Fsp3) is 0.333. The van der Waals surface area contributed by atoms with Crippen LogP contribution in [-0.4, -0.2) is 62.7 Å². The Hall–Kier alpha value is -3.68. The Morgan fingerprint density at radius 1 is 1.03 bits per heavy atom. The van der Waals surface area contributed by atoms with Gasteiger partial charge < -0.3 is 25.0 Å². The van der Waals surface area contributed by atoms with Crippen molar-refractivity contribution in [1.82, 2.24) is 10.2 Å². The number of methoxy groups -OCH3 is 1. The number of anilines is 1. The van der Waals surface area contributed by atoms with Crippen molar-refractivity contribution in [2.45, 2.75) is 26.0 Å². The molecule has 0 aromatic heterocycles. The number of ether oxygens (including phenoxy) is 2. The fourth-order valence-electron chi connectivity index (χ4n) is 4.39. The zero-order valence-corrected chi connectivity index (χ0v) is 21.9. The van der Waals surface area contributed by atoms with Crippen LogP contribution in [0.15, 0.2) is 72.8 Å². The Balaban J connectivity index is 1.55. The van der Waals surface area contributed by atoms with Crippen molar-refractivity contribution < 1.29 is 19.1 Å². The van der Waals surface area contributed by atoms with Crippen LogP contribution in [0.3, 0.4) is 0 Å². The predicted molar refractivity (Wildman–Crippen MR) is 146 cm³/mol. The van der Waals surface area contributed by atoms with E-state index in [4.69, 9.17) is 9.47 Å². The third-order valence-electron chi connectivity index (χ3n) is 6.74. The summed E-state index contributed by atoms with van der Waals surface area (Å²) in [5.41, 5.74) is 3.58. The number of benzene rings is 3. The van der Waals surface area contributed by atoms with E-state index in [2.05, 4.69) is 17.6 Å². The van der Waals surface area contributed by atoms with E-state index < -0.39 is 0 Å². The van der Waals surface area contributed by atoms with E-state index in [0.29, 0.717) is 35.7 Å². The molecule has 0 saturated carbocycles. The highest BCUT2D eigenvalue weighted by atomic mass is 16.5. The quantitative estimate of drug-likeness (QED) is 0.542. The summed E-state index contributed by atoms with van der Waals surface area (Å²) >= 11 is 0. The second-order valence-corrected chi connectivity index (χ2v) is 9.67. The van der Waals surface area contributed by atoms with E-state index in [0.717, 1.165) is 17.7 Å². The molecule has 0 spiro atoms. The van der Waals surface area contributed by atoms with E-state index in [1.165, 1.54) is 0 Å². The molecule has 7 nitrogen and oxygen atoms in total. The molecule has 7 heteroatoms. The minimum absolute atomic E-state index is 0.0956. The normalized spacial score (nSPS) is 20.7. The highest BCUT2D eigenvalue weighted by molar-refractivity contribution is 6.05. The monoisotopic (exact) mass is 501 g/mol. The maximum Gasteiger partial charge on any atom is 0.257 e. The van der Waals surface area contributed by atoms with E-state index in [1.54, 1.807) is 49.4 Å². The fourth-order valence-corrected chi connectivity index (χ4v) is 4.39. The maximum absolute atomic E-state index is 13.4. The Morgan fingerprint density at radius 2 is 1.73 bits per heavy atom. The number of carbonyl (C=O) groups excluding carboxylic acids is 2. The largest absolute Gasteiger partial charge is 0.491 e. The van der Waals surface area contributed by atoms with Gasteiger partial charge in [0.25, 0.3) is 11.8 Å². The molecule has 1 heterocycles. The molecule has 194 valence electrons. The molecule has 2 amide bonds. The molecular formula is C30H35N3O4. The first-order valence-electron chi connectivity index (χ1n) is 12.6. The standard InChI is InChI=1S/C30H35N3O4/c1-20-17-31-21(2)19-37-27-15-14-25(16-26(27)30(35)33(3)18-28(20)36-4)32-29(34)24-12-10-23(11-13-24)22-8-6-5-7-9-22/h5-16,20-21,28,31H,17-19H2,1-4H3,(H,32,34)/t20-,21+,28-/m0/s1. The molecule has 1 aliphatic heterocycles. The highest BCUT2D eigenvalue weighted by Crippen LogP contribution is 2.26. The molecule has 3 atom stereocenters. The molecule has 4 rings (SSSR count). The summed E-state index contributed by atoms with van der Waals surface area (Å²) in [6, 6.07) is 22.7. The van der Waals surface area contributed by atoms with Gasteiger partial charge in [-0.25, -0.2) is 0 Å². The first-order valence-corrected chi connectivity index (χ1v) is 12.6. The molecular weight excluding hydrogens is 466 g/mol. The first kappa shape index (κ1) is 26.4. The average molecular weight is 502 g/mol. The number of amides is 2. The van der Waals surface area contributed by atoms with E-state index in [1.807, 2.05) is 49.4 Å². The van der Waals surface area contributed by atoms with Crippen molar-refractivity contribution in [3.63, 3.8) is 0 Å². The van der Waals surface area contributed by atoms with Crippen molar-refractivity contribution in [3.8, 4) is 16.9 Å². The summed E-state index contributed by atoms with van der Waals surface area (Å²) in [5, 5.41) is 6.40. The number of hydrogen-bond donors (Lipinski definition) is 2. The topological polar surface area (TPSA) is 79.9 Å².